The third kappa shape index (κ3) is 4.28. The summed E-state index contributed by atoms with van der Waals surface area (Å²) in [4.78, 5) is 30.6. The Kier molecular flexibility index (Phi) is 5.82. The highest BCUT2D eigenvalue weighted by molar-refractivity contribution is 7.99. The molecule has 0 radical (unpaired) electrons. The van der Waals surface area contributed by atoms with E-state index in [1.54, 1.807) is 12.1 Å². The Morgan fingerprint density at radius 2 is 1.59 bits per heavy atom. The zero-order valence-electron chi connectivity index (χ0n) is 15.8. The molecule has 8 heteroatoms. The van der Waals surface area contributed by atoms with E-state index in [4.69, 9.17) is 0 Å². The van der Waals surface area contributed by atoms with Crippen LogP contribution in [0.1, 0.15) is 6.42 Å². The standard InChI is InChI=1S/C21H21F2N3O2S/c22-21(23)29-17-8-6-16(7-9-17)26-19(27)14-18(20(26)28)25-12-10-24(11-13-25)15-4-2-1-3-5-15/h1-9,18,21H,10-14H2/p+1/t18-/m1/s1. The molecule has 2 saturated heterocycles. The molecule has 0 unspecified atom stereocenters. The number of rotatable bonds is 5. The lowest BCUT2D eigenvalue weighted by Gasteiger charge is -2.35. The van der Waals surface area contributed by atoms with Gasteiger partial charge < -0.3 is 9.80 Å². The molecule has 4 rings (SSSR count). The van der Waals surface area contributed by atoms with Crippen LogP contribution in [0, 0.1) is 0 Å². The van der Waals surface area contributed by atoms with Crippen molar-refractivity contribution in [3.05, 3.63) is 54.6 Å². The molecule has 0 aliphatic carbocycles. The normalized spacial score (nSPS) is 20.7. The monoisotopic (exact) mass is 418 g/mol. The first-order valence-electron chi connectivity index (χ1n) is 9.59. The molecule has 2 aliphatic rings. The molecule has 152 valence electrons. The molecule has 2 aromatic rings. The number of amides is 2. The number of thioether (sulfide) groups is 1. The van der Waals surface area contributed by atoms with Gasteiger partial charge in [0.1, 0.15) is 0 Å². The molecule has 5 nitrogen and oxygen atoms in total. The number of nitrogens with zero attached hydrogens (tertiary/aromatic N) is 2. The fraction of sp³-hybridized carbons (Fsp3) is 0.333. The number of anilines is 2. The number of hydrogen-bond acceptors (Lipinski definition) is 4. The second-order valence-electron chi connectivity index (χ2n) is 7.18. The lowest BCUT2D eigenvalue weighted by molar-refractivity contribution is -0.915. The fourth-order valence-corrected chi connectivity index (χ4v) is 4.54. The molecule has 2 aromatic carbocycles. The molecular formula is C21H22F2N3O2S+. The van der Waals surface area contributed by atoms with Crippen LogP contribution in [0.2, 0.25) is 0 Å². The summed E-state index contributed by atoms with van der Waals surface area (Å²) in [6.07, 6.45) is 0.188. The molecule has 0 saturated carbocycles. The van der Waals surface area contributed by atoms with Crippen molar-refractivity contribution in [2.75, 3.05) is 36.0 Å². The van der Waals surface area contributed by atoms with Crippen molar-refractivity contribution in [3.8, 4) is 0 Å². The fourth-order valence-electron chi connectivity index (χ4n) is 4.04. The van der Waals surface area contributed by atoms with Gasteiger partial charge in [0.2, 0.25) is 5.91 Å². The predicted molar refractivity (Wildman–Crippen MR) is 109 cm³/mol. The van der Waals surface area contributed by atoms with Crippen molar-refractivity contribution in [1.29, 1.82) is 0 Å². The Bertz CT molecular complexity index is 871. The maximum absolute atomic E-state index is 13.0. The number of imide groups is 1. The zero-order chi connectivity index (χ0) is 20.4. The number of carbonyl (C=O) groups excluding carboxylic acids is 2. The van der Waals surface area contributed by atoms with Gasteiger partial charge in [-0.15, -0.1) is 0 Å². The summed E-state index contributed by atoms with van der Waals surface area (Å²) >= 11 is 0.442. The Morgan fingerprint density at radius 1 is 0.931 bits per heavy atom. The summed E-state index contributed by atoms with van der Waals surface area (Å²) in [6.45, 7) is 3.24. The Balaban J connectivity index is 1.41. The van der Waals surface area contributed by atoms with Crippen LogP contribution >= 0.6 is 11.8 Å². The van der Waals surface area contributed by atoms with Gasteiger partial charge in [-0.1, -0.05) is 30.0 Å². The van der Waals surface area contributed by atoms with Crippen LogP contribution in [-0.4, -0.2) is 49.8 Å². The molecule has 1 atom stereocenters. The van der Waals surface area contributed by atoms with Gasteiger partial charge in [0.05, 0.1) is 38.3 Å². The first-order valence-corrected chi connectivity index (χ1v) is 10.5. The number of piperazine rings is 1. The maximum atomic E-state index is 13.0. The number of para-hydroxylation sites is 1. The summed E-state index contributed by atoms with van der Waals surface area (Å²) in [5, 5.41) is 0. The van der Waals surface area contributed by atoms with Gasteiger partial charge in [-0.2, -0.15) is 8.78 Å². The molecule has 0 bridgehead atoms. The summed E-state index contributed by atoms with van der Waals surface area (Å²) in [5.41, 5.74) is 1.62. The Labute approximate surface area is 172 Å². The van der Waals surface area contributed by atoms with Gasteiger partial charge in [-0.25, -0.2) is 4.90 Å². The van der Waals surface area contributed by atoms with Crippen LogP contribution in [0.3, 0.4) is 0 Å². The van der Waals surface area contributed by atoms with Gasteiger partial charge in [0, 0.05) is 10.6 Å². The lowest BCUT2D eigenvalue weighted by atomic mass is 10.1. The number of alkyl halides is 2. The summed E-state index contributed by atoms with van der Waals surface area (Å²) < 4.78 is 25.0. The van der Waals surface area contributed by atoms with Gasteiger partial charge in [0.25, 0.3) is 11.7 Å². The SMILES string of the molecule is O=C1C[C@@H]([NH+]2CCN(c3ccccc3)CC2)C(=O)N1c1ccc(SC(F)F)cc1. The smallest absolute Gasteiger partial charge is 0.292 e. The topological polar surface area (TPSA) is 45.1 Å². The van der Waals surface area contributed by atoms with E-state index in [9.17, 15) is 18.4 Å². The van der Waals surface area contributed by atoms with E-state index in [0.29, 0.717) is 22.3 Å². The predicted octanol–water partition coefficient (Wildman–Crippen LogP) is 2.04. The van der Waals surface area contributed by atoms with Crippen molar-refractivity contribution in [1.82, 2.24) is 0 Å². The van der Waals surface area contributed by atoms with Crippen molar-refractivity contribution in [3.63, 3.8) is 0 Å². The number of halogens is 2. The summed E-state index contributed by atoms with van der Waals surface area (Å²) in [6, 6.07) is 15.9. The van der Waals surface area contributed by atoms with Gasteiger partial charge in [0.15, 0.2) is 6.04 Å². The van der Waals surface area contributed by atoms with Crippen LogP contribution in [0.15, 0.2) is 59.5 Å². The number of nitrogens with one attached hydrogen (secondary N) is 1. The number of quaternary nitrogens is 1. The molecule has 2 heterocycles. The highest BCUT2D eigenvalue weighted by Gasteiger charge is 2.46. The minimum Gasteiger partial charge on any atom is -0.360 e. The first-order chi connectivity index (χ1) is 14.0. The molecule has 2 amide bonds. The molecule has 29 heavy (non-hydrogen) atoms. The van der Waals surface area contributed by atoms with E-state index < -0.39 is 5.76 Å². The third-order valence-corrected chi connectivity index (χ3v) is 6.21. The molecular weight excluding hydrogens is 396 g/mol. The largest absolute Gasteiger partial charge is 0.360 e. The van der Waals surface area contributed by atoms with Crippen molar-refractivity contribution in [2.45, 2.75) is 23.1 Å². The van der Waals surface area contributed by atoms with E-state index in [1.165, 1.54) is 22.7 Å². The van der Waals surface area contributed by atoms with E-state index in [-0.39, 0.29) is 24.3 Å². The van der Waals surface area contributed by atoms with Crippen LogP contribution in [0.4, 0.5) is 20.2 Å². The second kappa shape index (κ2) is 8.51. The van der Waals surface area contributed by atoms with Crippen molar-refractivity contribution >= 4 is 35.0 Å². The summed E-state index contributed by atoms with van der Waals surface area (Å²) in [7, 11) is 0. The van der Waals surface area contributed by atoms with Crippen molar-refractivity contribution in [2.24, 2.45) is 0 Å². The van der Waals surface area contributed by atoms with Crippen molar-refractivity contribution < 1.29 is 23.3 Å². The number of hydrogen-bond donors (Lipinski definition) is 1. The van der Waals surface area contributed by atoms with E-state index in [2.05, 4.69) is 17.0 Å². The minimum atomic E-state index is -2.50. The zero-order valence-corrected chi connectivity index (χ0v) is 16.6. The number of carbonyl (C=O) groups is 2. The van der Waals surface area contributed by atoms with Crippen LogP contribution in [0.25, 0.3) is 0 Å². The maximum Gasteiger partial charge on any atom is 0.292 e. The van der Waals surface area contributed by atoms with Gasteiger partial charge >= 0.3 is 0 Å². The quantitative estimate of drug-likeness (QED) is 0.596. The van der Waals surface area contributed by atoms with Crippen LogP contribution in [-0.2, 0) is 9.59 Å². The first kappa shape index (κ1) is 19.8. The Hall–Kier alpha value is -2.45. The summed E-state index contributed by atoms with van der Waals surface area (Å²) in [5.74, 6) is -2.93. The molecule has 1 N–H and O–H groups in total. The Morgan fingerprint density at radius 3 is 2.21 bits per heavy atom. The molecule has 0 spiro atoms. The average molecular weight is 418 g/mol. The molecule has 2 aliphatic heterocycles. The second-order valence-corrected chi connectivity index (χ2v) is 8.24. The van der Waals surface area contributed by atoms with E-state index >= 15 is 0 Å². The van der Waals surface area contributed by atoms with Gasteiger partial charge in [-0.05, 0) is 36.4 Å². The van der Waals surface area contributed by atoms with E-state index in [0.717, 1.165) is 31.1 Å². The number of benzene rings is 2. The molecule has 2 fully saturated rings. The van der Waals surface area contributed by atoms with Crippen LogP contribution in [0.5, 0.6) is 0 Å². The van der Waals surface area contributed by atoms with E-state index in [1.807, 2.05) is 18.2 Å². The van der Waals surface area contributed by atoms with Gasteiger partial charge in [-0.3, -0.25) is 9.59 Å². The minimum absolute atomic E-state index is 0.188. The highest BCUT2D eigenvalue weighted by Crippen LogP contribution is 2.29. The highest BCUT2D eigenvalue weighted by atomic mass is 32.2. The third-order valence-electron chi connectivity index (χ3n) is 5.49. The molecule has 0 aromatic heterocycles. The lowest BCUT2D eigenvalue weighted by Crippen LogP contribution is -3.19. The van der Waals surface area contributed by atoms with Crippen LogP contribution < -0.4 is 14.7 Å². The average Bonchev–Trinajstić information content (AvgIpc) is 3.03.